The molecule has 0 bridgehead atoms. The molecule has 0 spiro atoms. The number of ether oxygens (including phenoxy) is 1. The van der Waals surface area contributed by atoms with E-state index < -0.39 is 0 Å². The number of tetrazole rings is 1. The Labute approximate surface area is 138 Å². The van der Waals surface area contributed by atoms with E-state index in [0.29, 0.717) is 17.9 Å². The van der Waals surface area contributed by atoms with Crippen molar-refractivity contribution in [3.8, 4) is 11.4 Å². The predicted octanol–water partition coefficient (Wildman–Crippen LogP) is 1.92. The SMILES string of the molecule is O=C(N[C@@H]1CCOc2ccccc21)c1ccccc1-n1cnnn1. The Balaban J connectivity index is 1.63. The zero-order valence-electron chi connectivity index (χ0n) is 12.8. The summed E-state index contributed by atoms with van der Waals surface area (Å²) in [6.07, 6.45) is 2.20. The van der Waals surface area contributed by atoms with E-state index in [4.69, 9.17) is 4.74 Å². The molecule has 0 unspecified atom stereocenters. The van der Waals surface area contributed by atoms with E-state index in [2.05, 4.69) is 20.8 Å². The molecule has 4 rings (SSSR count). The van der Waals surface area contributed by atoms with Crippen LogP contribution in [0.5, 0.6) is 5.75 Å². The molecule has 0 saturated heterocycles. The average Bonchev–Trinajstić information content (AvgIpc) is 3.16. The van der Waals surface area contributed by atoms with Crippen LogP contribution >= 0.6 is 0 Å². The summed E-state index contributed by atoms with van der Waals surface area (Å²) in [5, 5.41) is 14.2. The molecule has 0 radical (unpaired) electrons. The van der Waals surface area contributed by atoms with Gasteiger partial charge in [-0.25, -0.2) is 0 Å². The lowest BCUT2D eigenvalue weighted by molar-refractivity contribution is 0.0924. The number of fused-ring (bicyclic) bond motifs is 1. The summed E-state index contributed by atoms with van der Waals surface area (Å²) in [6.45, 7) is 0.580. The van der Waals surface area contributed by atoms with Gasteiger partial charge in [-0.3, -0.25) is 4.79 Å². The van der Waals surface area contributed by atoms with Gasteiger partial charge in [0.15, 0.2) is 0 Å². The highest BCUT2D eigenvalue weighted by Crippen LogP contribution is 2.31. The Morgan fingerprint density at radius 2 is 2.00 bits per heavy atom. The van der Waals surface area contributed by atoms with Gasteiger partial charge < -0.3 is 10.1 Å². The second-order valence-electron chi connectivity index (χ2n) is 5.47. The van der Waals surface area contributed by atoms with Gasteiger partial charge in [-0.15, -0.1) is 5.10 Å². The third-order valence-corrected chi connectivity index (χ3v) is 4.01. The molecule has 120 valence electrons. The number of carbonyl (C=O) groups excluding carboxylic acids is 1. The number of benzene rings is 2. The lowest BCUT2D eigenvalue weighted by atomic mass is 10.00. The number of para-hydroxylation sites is 2. The number of hydrogen-bond acceptors (Lipinski definition) is 5. The van der Waals surface area contributed by atoms with Crippen LogP contribution in [0.1, 0.15) is 28.4 Å². The van der Waals surface area contributed by atoms with Crippen molar-refractivity contribution in [2.45, 2.75) is 12.5 Å². The fourth-order valence-electron chi connectivity index (χ4n) is 2.87. The summed E-state index contributed by atoms with van der Waals surface area (Å²) in [5.74, 6) is 0.658. The van der Waals surface area contributed by atoms with E-state index in [-0.39, 0.29) is 11.9 Å². The topological polar surface area (TPSA) is 81.9 Å². The number of hydrogen-bond donors (Lipinski definition) is 1. The highest BCUT2D eigenvalue weighted by Gasteiger charge is 2.24. The number of aromatic nitrogens is 4. The van der Waals surface area contributed by atoms with Gasteiger partial charge in [0.1, 0.15) is 12.1 Å². The zero-order chi connectivity index (χ0) is 16.4. The standard InChI is InChI=1S/C17H15N5O2/c23-17(13-6-1-3-7-15(13)22-11-18-20-21-22)19-14-9-10-24-16-8-4-2-5-12(14)16/h1-8,11,14H,9-10H2,(H,19,23)/t14-/m1/s1. The van der Waals surface area contributed by atoms with Gasteiger partial charge >= 0.3 is 0 Å². The van der Waals surface area contributed by atoms with Crippen LogP contribution in [0.15, 0.2) is 54.9 Å². The van der Waals surface area contributed by atoms with E-state index in [1.165, 1.54) is 11.0 Å². The molecule has 1 aromatic heterocycles. The van der Waals surface area contributed by atoms with E-state index >= 15 is 0 Å². The van der Waals surface area contributed by atoms with Crippen LogP contribution in [0.3, 0.4) is 0 Å². The molecule has 1 aliphatic heterocycles. The molecule has 24 heavy (non-hydrogen) atoms. The molecule has 2 heterocycles. The maximum atomic E-state index is 12.8. The summed E-state index contributed by atoms with van der Waals surface area (Å²) < 4.78 is 7.12. The molecule has 0 aliphatic carbocycles. The first-order valence-corrected chi connectivity index (χ1v) is 7.68. The van der Waals surface area contributed by atoms with Crippen molar-refractivity contribution in [2.24, 2.45) is 0 Å². The van der Waals surface area contributed by atoms with Crippen molar-refractivity contribution in [2.75, 3.05) is 6.61 Å². The summed E-state index contributed by atoms with van der Waals surface area (Å²) in [4.78, 5) is 12.8. The molecule has 1 N–H and O–H groups in total. The smallest absolute Gasteiger partial charge is 0.253 e. The van der Waals surface area contributed by atoms with Crippen LogP contribution in [0.2, 0.25) is 0 Å². The molecule has 0 fully saturated rings. The van der Waals surface area contributed by atoms with Crippen molar-refractivity contribution < 1.29 is 9.53 Å². The van der Waals surface area contributed by atoms with Gasteiger partial charge in [-0.2, -0.15) is 4.68 Å². The molecule has 1 aliphatic rings. The predicted molar refractivity (Wildman–Crippen MR) is 85.9 cm³/mol. The van der Waals surface area contributed by atoms with Gasteiger partial charge in [0.25, 0.3) is 5.91 Å². The monoisotopic (exact) mass is 321 g/mol. The Hall–Kier alpha value is -3.22. The second-order valence-corrected chi connectivity index (χ2v) is 5.47. The maximum absolute atomic E-state index is 12.8. The Morgan fingerprint density at radius 3 is 2.88 bits per heavy atom. The lowest BCUT2D eigenvalue weighted by Crippen LogP contribution is -2.32. The summed E-state index contributed by atoms with van der Waals surface area (Å²) >= 11 is 0. The van der Waals surface area contributed by atoms with Gasteiger partial charge in [0, 0.05) is 12.0 Å². The number of rotatable bonds is 3. The first-order chi connectivity index (χ1) is 11.8. The normalized spacial score (nSPS) is 16.1. The molecule has 2 aromatic carbocycles. The van der Waals surface area contributed by atoms with Crippen molar-refractivity contribution in [1.29, 1.82) is 0 Å². The molecule has 3 aromatic rings. The van der Waals surface area contributed by atoms with Crippen LogP contribution in [-0.4, -0.2) is 32.7 Å². The summed E-state index contributed by atoms with van der Waals surface area (Å²) in [7, 11) is 0. The molecule has 7 nitrogen and oxygen atoms in total. The highest BCUT2D eigenvalue weighted by molar-refractivity contribution is 5.98. The first-order valence-electron chi connectivity index (χ1n) is 7.68. The minimum absolute atomic E-state index is 0.0793. The van der Waals surface area contributed by atoms with Gasteiger partial charge in [-0.05, 0) is 28.6 Å². The lowest BCUT2D eigenvalue weighted by Gasteiger charge is -2.26. The fraction of sp³-hybridized carbons (Fsp3) is 0.176. The third-order valence-electron chi connectivity index (χ3n) is 4.01. The van der Waals surface area contributed by atoms with Gasteiger partial charge in [-0.1, -0.05) is 30.3 Å². The zero-order valence-corrected chi connectivity index (χ0v) is 12.8. The minimum Gasteiger partial charge on any atom is -0.493 e. The summed E-state index contributed by atoms with van der Waals surface area (Å²) in [6, 6.07) is 14.9. The van der Waals surface area contributed by atoms with E-state index in [1.54, 1.807) is 6.07 Å². The van der Waals surface area contributed by atoms with Crippen LogP contribution in [0.4, 0.5) is 0 Å². The Morgan fingerprint density at radius 1 is 1.17 bits per heavy atom. The number of amides is 1. The largest absolute Gasteiger partial charge is 0.493 e. The van der Waals surface area contributed by atoms with Crippen molar-refractivity contribution in [1.82, 2.24) is 25.5 Å². The van der Waals surface area contributed by atoms with Crippen molar-refractivity contribution in [3.63, 3.8) is 0 Å². The quantitative estimate of drug-likeness (QED) is 0.797. The van der Waals surface area contributed by atoms with E-state index in [9.17, 15) is 4.79 Å². The average molecular weight is 321 g/mol. The fourth-order valence-corrected chi connectivity index (χ4v) is 2.87. The number of nitrogens with one attached hydrogen (secondary N) is 1. The number of nitrogens with zero attached hydrogens (tertiary/aromatic N) is 4. The van der Waals surface area contributed by atoms with E-state index in [1.807, 2.05) is 42.5 Å². The molecular formula is C17H15N5O2. The molecular weight excluding hydrogens is 306 g/mol. The van der Waals surface area contributed by atoms with Crippen LogP contribution in [0, 0.1) is 0 Å². The van der Waals surface area contributed by atoms with Gasteiger partial charge in [0.05, 0.1) is 23.9 Å². The highest BCUT2D eigenvalue weighted by atomic mass is 16.5. The van der Waals surface area contributed by atoms with Crippen LogP contribution in [0.25, 0.3) is 5.69 Å². The van der Waals surface area contributed by atoms with Crippen LogP contribution in [-0.2, 0) is 0 Å². The third kappa shape index (κ3) is 2.60. The first kappa shape index (κ1) is 14.4. The summed E-state index contributed by atoms with van der Waals surface area (Å²) in [5.41, 5.74) is 2.16. The van der Waals surface area contributed by atoms with Gasteiger partial charge in [0.2, 0.25) is 0 Å². The molecule has 0 saturated carbocycles. The second kappa shape index (κ2) is 6.11. The molecule has 1 amide bonds. The van der Waals surface area contributed by atoms with E-state index in [0.717, 1.165) is 17.7 Å². The molecule has 7 heteroatoms. The number of carbonyl (C=O) groups is 1. The van der Waals surface area contributed by atoms with Crippen molar-refractivity contribution >= 4 is 5.91 Å². The maximum Gasteiger partial charge on any atom is 0.253 e. The Kier molecular flexibility index (Phi) is 3.66. The van der Waals surface area contributed by atoms with Crippen molar-refractivity contribution in [3.05, 3.63) is 66.0 Å². The molecule has 1 atom stereocenters. The van der Waals surface area contributed by atoms with Crippen LogP contribution < -0.4 is 10.1 Å². The minimum atomic E-state index is -0.164. The Bertz CT molecular complexity index is 863.